The number of anilines is 2. The Balaban J connectivity index is 1.66. The minimum atomic E-state index is -4.34. The van der Waals surface area contributed by atoms with Crippen LogP contribution in [0.15, 0.2) is 42.6 Å². The maximum Gasteiger partial charge on any atom is 0.416 e. The number of rotatable bonds is 3. The van der Waals surface area contributed by atoms with E-state index in [9.17, 15) is 13.2 Å². The maximum absolute atomic E-state index is 12.8. The highest BCUT2D eigenvalue weighted by molar-refractivity contribution is 5.51. The number of alkyl halides is 3. The Labute approximate surface area is 138 Å². The first kappa shape index (κ1) is 16.4. The Kier molecular flexibility index (Phi) is 4.51. The summed E-state index contributed by atoms with van der Waals surface area (Å²) in [4.78, 5) is 8.17. The van der Waals surface area contributed by atoms with Gasteiger partial charge in [0, 0.05) is 38.1 Å². The molecule has 3 rings (SSSR count). The molecule has 0 aliphatic carbocycles. The van der Waals surface area contributed by atoms with Crippen LogP contribution >= 0.6 is 0 Å². The van der Waals surface area contributed by atoms with Gasteiger partial charge in [0.15, 0.2) is 0 Å². The van der Waals surface area contributed by atoms with Crippen molar-refractivity contribution >= 4 is 11.5 Å². The van der Waals surface area contributed by atoms with Crippen LogP contribution in [0.1, 0.15) is 5.56 Å². The number of pyridine rings is 1. The molecule has 2 heterocycles. The standard InChI is InChI=1S/C17H18F3N3O/c1-24-15-4-2-14(3-5-15)22-8-10-23(11-9-22)16-12-13(6-7-21-16)17(18,19)20/h2-7,12H,8-11H2,1H3. The highest BCUT2D eigenvalue weighted by Crippen LogP contribution is 2.31. The number of methoxy groups -OCH3 is 1. The second-order valence-corrected chi connectivity index (χ2v) is 5.57. The highest BCUT2D eigenvalue weighted by Gasteiger charge is 2.31. The summed E-state index contributed by atoms with van der Waals surface area (Å²) in [5.41, 5.74) is 0.414. The first-order valence-corrected chi connectivity index (χ1v) is 7.64. The number of benzene rings is 1. The highest BCUT2D eigenvalue weighted by atomic mass is 19.4. The molecule has 1 aromatic carbocycles. The van der Waals surface area contributed by atoms with E-state index in [2.05, 4.69) is 9.88 Å². The van der Waals surface area contributed by atoms with Gasteiger partial charge in [0.25, 0.3) is 0 Å². The van der Waals surface area contributed by atoms with E-state index in [1.807, 2.05) is 29.2 Å². The Bertz CT molecular complexity index is 680. The maximum atomic E-state index is 12.8. The van der Waals surface area contributed by atoms with E-state index < -0.39 is 11.7 Å². The van der Waals surface area contributed by atoms with Crippen molar-refractivity contribution < 1.29 is 17.9 Å². The lowest BCUT2D eigenvalue weighted by Crippen LogP contribution is -2.46. The zero-order chi connectivity index (χ0) is 17.2. The van der Waals surface area contributed by atoms with Crippen LogP contribution in [-0.2, 0) is 6.18 Å². The molecule has 0 spiro atoms. The van der Waals surface area contributed by atoms with Gasteiger partial charge in [0.05, 0.1) is 12.7 Å². The van der Waals surface area contributed by atoms with Gasteiger partial charge in [-0.2, -0.15) is 13.2 Å². The molecule has 0 saturated carbocycles. The van der Waals surface area contributed by atoms with E-state index in [4.69, 9.17) is 4.74 Å². The summed E-state index contributed by atoms with van der Waals surface area (Å²) in [5, 5.41) is 0. The van der Waals surface area contributed by atoms with Crippen LogP contribution in [0, 0.1) is 0 Å². The topological polar surface area (TPSA) is 28.6 Å². The van der Waals surface area contributed by atoms with Crippen LogP contribution in [0.5, 0.6) is 5.75 Å². The fourth-order valence-electron chi connectivity index (χ4n) is 2.75. The molecule has 0 radical (unpaired) electrons. The molecule has 128 valence electrons. The van der Waals surface area contributed by atoms with Gasteiger partial charge in [0.2, 0.25) is 0 Å². The predicted octanol–water partition coefficient (Wildman–Crippen LogP) is 3.44. The molecular formula is C17H18F3N3O. The molecule has 7 heteroatoms. The second kappa shape index (κ2) is 6.59. The first-order valence-electron chi connectivity index (χ1n) is 7.64. The van der Waals surface area contributed by atoms with Crippen LogP contribution in [0.2, 0.25) is 0 Å². The third-order valence-electron chi connectivity index (χ3n) is 4.11. The van der Waals surface area contributed by atoms with Gasteiger partial charge >= 0.3 is 6.18 Å². The molecule has 0 amide bonds. The third kappa shape index (κ3) is 3.55. The molecule has 1 aliphatic rings. The molecule has 1 fully saturated rings. The Morgan fingerprint density at radius 1 is 0.958 bits per heavy atom. The van der Waals surface area contributed by atoms with E-state index >= 15 is 0 Å². The summed E-state index contributed by atoms with van der Waals surface area (Å²) >= 11 is 0. The molecule has 0 unspecified atom stereocenters. The van der Waals surface area contributed by atoms with E-state index in [0.29, 0.717) is 18.9 Å². The number of nitrogens with zero attached hydrogens (tertiary/aromatic N) is 3. The van der Waals surface area contributed by atoms with Crippen LogP contribution in [0.4, 0.5) is 24.7 Å². The average Bonchev–Trinajstić information content (AvgIpc) is 2.61. The Hall–Kier alpha value is -2.44. The van der Waals surface area contributed by atoms with Crippen molar-refractivity contribution in [3.8, 4) is 5.75 Å². The summed E-state index contributed by atoms with van der Waals surface area (Å²) in [6, 6.07) is 9.88. The minimum absolute atomic E-state index is 0.374. The number of hydrogen-bond donors (Lipinski definition) is 0. The molecule has 24 heavy (non-hydrogen) atoms. The van der Waals surface area contributed by atoms with E-state index in [1.165, 1.54) is 6.20 Å². The van der Waals surface area contributed by atoms with Crippen LogP contribution in [0.25, 0.3) is 0 Å². The van der Waals surface area contributed by atoms with Gasteiger partial charge in [-0.3, -0.25) is 0 Å². The molecule has 1 aromatic heterocycles. The fourth-order valence-corrected chi connectivity index (χ4v) is 2.75. The normalized spacial score (nSPS) is 15.5. The predicted molar refractivity (Wildman–Crippen MR) is 86.7 cm³/mol. The first-order chi connectivity index (χ1) is 11.5. The molecule has 2 aromatic rings. The van der Waals surface area contributed by atoms with Crippen molar-refractivity contribution in [2.45, 2.75) is 6.18 Å². The quantitative estimate of drug-likeness (QED) is 0.858. The average molecular weight is 337 g/mol. The Morgan fingerprint density at radius 2 is 1.58 bits per heavy atom. The largest absolute Gasteiger partial charge is 0.497 e. The lowest BCUT2D eigenvalue weighted by Gasteiger charge is -2.36. The molecule has 1 aliphatic heterocycles. The van der Waals surface area contributed by atoms with Crippen LogP contribution in [0.3, 0.4) is 0 Å². The number of piperazine rings is 1. The van der Waals surface area contributed by atoms with Gasteiger partial charge in [0.1, 0.15) is 11.6 Å². The fraction of sp³-hybridized carbons (Fsp3) is 0.353. The SMILES string of the molecule is COc1ccc(N2CCN(c3cc(C(F)(F)F)ccn3)CC2)cc1. The van der Waals surface area contributed by atoms with Crippen molar-refractivity contribution in [2.24, 2.45) is 0 Å². The number of ether oxygens (including phenoxy) is 1. The summed E-state index contributed by atoms with van der Waals surface area (Å²) in [7, 11) is 1.62. The smallest absolute Gasteiger partial charge is 0.416 e. The summed E-state index contributed by atoms with van der Waals surface area (Å²) in [5.74, 6) is 1.17. The van der Waals surface area contributed by atoms with Crippen LogP contribution < -0.4 is 14.5 Å². The van der Waals surface area contributed by atoms with Crippen molar-refractivity contribution in [3.63, 3.8) is 0 Å². The van der Waals surface area contributed by atoms with E-state index in [1.54, 1.807) is 7.11 Å². The summed E-state index contributed by atoms with van der Waals surface area (Å²) < 4.78 is 43.6. The summed E-state index contributed by atoms with van der Waals surface area (Å²) in [6.45, 7) is 2.70. The van der Waals surface area contributed by atoms with Gasteiger partial charge in [-0.15, -0.1) is 0 Å². The zero-order valence-electron chi connectivity index (χ0n) is 13.3. The van der Waals surface area contributed by atoms with Gasteiger partial charge in [-0.25, -0.2) is 4.98 Å². The second-order valence-electron chi connectivity index (χ2n) is 5.57. The lowest BCUT2D eigenvalue weighted by atomic mass is 10.2. The number of aromatic nitrogens is 1. The molecule has 0 atom stereocenters. The molecule has 4 nitrogen and oxygen atoms in total. The Morgan fingerprint density at radius 3 is 2.17 bits per heavy atom. The molecule has 1 saturated heterocycles. The lowest BCUT2D eigenvalue weighted by molar-refractivity contribution is -0.137. The third-order valence-corrected chi connectivity index (χ3v) is 4.11. The minimum Gasteiger partial charge on any atom is -0.497 e. The monoisotopic (exact) mass is 337 g/mol. The number of halogens is 3. The zero-order valence-corrected chi connectivity index (χ0v) is 13.3. The van der Waals surface area contributed by atoms with Gasteiger partial charge < -0.3 is 14.5 Å². The van der Waals surface area contributed by atoms with Gasteiger partial charge in [-0.1, -0.05) is 0 Å². The molecule has 0 bridgehead atoms. The van der Waals surface area contributed by atoms with Crippen molar-refractivity contribution in [3.05, 3.63) is 48.2 Å². The van der Waals surface area contributed by atoms with Crippen molar-refractivity contribution in [1.29, 1.82) is 0 Å². The van der Waals surface area contributed by atoms with Crippen molar-refractivity contribution in [1.82, 2.24) is 4.98 Å². The van der Waals surface area contributed by atoms with Gasteiger partial charge in [-0.05, 0) is 36.4 Å². The molecular weight excluding hydrogens is 319 g/mol. The van der Waals surface area contributed by atoms with Crippen LogP contribution in [-0.4, -0.2) is 38.3 Å². The molecule has 0 N–H and O–H groups in total. The summed E-state index contributed by atoms with van der Waals surface area (Å²) in [6.07, 6.45) is -3.13. The van der Waals surface area contributed by atoms with E-state index in [-0.39, 0.29) is 0 Å². The van der Waals surface area contributed by atoms with E-state index in [0.717, 1.165) is 36.7 Å². The van der Waals surface area contributed by atoms with Crippen molar-refractivity contribution in [2.75, 3.05) is 43.1 Å². The number of hydrogen-bond acceptors (Lipinski definition) is 4.